The number of carbonyl (C=O) groups excluding carboxylic acids is 2. The molecule has 1 N–H and O–H groups in total. The van der Waals surface area contributed by atoms with Crippen LogP contribution in [0.15, 0.2) is 48.8 Å². The van der Waals surface area contributed by atoms with Gasteiger partial charge in [-0.25, -0.2) is 4.79 Å². The molecular formula is C21H30O5. The first-order valence-electron chi connectivity index (χ1n) is 9.20. The largest absolute Gasteiger partial charge is 0.494 e. The number of esters is 1. The third kappa shape index (κ3) is 7.40. The summed E-state index contributed by atoms with van der Waals surface area (Å²) in [7, 11) is 1.29. The number of aliphatic hydroxyl groups is 1. The number of unbranched alkanes of at least 4 members (excludes halogenated alkanes) is 5. The standard InChI is InChI=1S/C21H30O5/c1-3-4-5-6-7-8-9-10-11-12-13-14-15-16-18(22)21(24)19(25-2)17-20(23)26-21/h3,5-6,8-9,17,24H,1,4,7,10-16H2,2H3. The van der Waals surface area contributed by atoms with Crippen LogP contribution in [0.1, 0.15) is 57.8 Å². The van der Waals surface area contributed by atoms with Gasteiger partial charge in [-0.05, 0) is 32.1 Å². The van der Waals surface area contributed by atoms with Gasteiger partial charge in [0.2, 0.25) is 5.78 Å². The lowest BCUT2D eigenvalue weighted by Gasteiger charge is -2.21. The molecular weight excluding hydrogens is 332 g/mol. The summed E-state index contributed by atoms with van der Waals surface area (Å²) >= 11 is 0. The van der Waals surface area contributed by atoms with Crippen LogP contribution in [-0.4, -0.2) is 29.8 Å². The summed E-state index contributed by atoms with van der Waals surface area (Å²) in [5, 5.41) is 10.2. The molecule has 144 valence electrons. The van der Waals surface area contributed by atoms with Crippen LogP contribution in [0.2, 0.25) is 0 Å². The number of ether oxygens (including phenoxy) is 2. The maximum absolute atomic E-state index is 12.1. The molecule has 0 aromatic carbocycles. The third-order valence-electron chi connectivity index (χ3n) is 4.11. The lowest BCUT2D eigenvalue weighted by Crippen LogP contribution is -2.41. The maximum atomic E-state index is 12.1. The molecule has 0 aliphatic carbocycles. The molecule has 0 amide bonds. The summed E-state index contributed by atoms with van der Waals surface area (Å²) in [4.78, 5) is 23.3. The number of allylic oxidation sites excluding steroid dienone is 5. The molecule has 0 aromatic rings. The third-order valence-corrected chi connectivity index (χ3v) is 4.11. The number of hydrogen-bond donors (Lipinski definition) is 1. The Bertz CT molecular complexity index is 559. The lowest BCUT2D eigenvalue weighted by atomic mass is 10.0. The number of Topliss-reactive ketones (excluding diaryl/α,β-unsaturated/α-hetero) is 1. The Morgan fingerprint density at radius 2 is 1.81 bits per heavy atom. The fraction of sp³-hybridized carbons (Fsp3) is 0.524. The second kappa shape index (κ2) is 12.3. The Morgan fingerprint density at radius 1 is 1.15 bits per heavy atom. The van der Waals surface area contributed by atoms with Crippen molar-refractivity contribution >= 4 is 11.8 Å². The van der Waals surface area contributed by atoms with E-state index in [1.165, 1.54) is 7.11 Å². The van der Waals surface area contributed by atoms with E-state index in [1.807, 2.05) is 6.08 Å². The van der Waals surface area contributed by atoms with Gasteiger partial charge >= 0.3 is 11.8 Å². The number of carbonyl (C=O) groups is 2. The van der Waals surface area contributed by atoms with Crippen LogP contribution in [0.4, 0.5) is 0 Å². The zero-order valence-electron chi connectivity index (χ0n) is 15.6. The van der Waals surface area contributed by atoms with Gasteiger partial charge < -0.3 is 14.6 Å². The number of ketones is 1. The molecule has 1 rings (SSSR count). The SMILES string of the molecule is C=CCC=CCC=CCCCCCCCC(=O)C1(O)OC(=O)C=C1OC. The van der Waals surface area contributed by atoms with Gasteiger partial charge in [0.25, 0.3) is 0 Å². The predicted molar refractivity (Wildman–Crippen MR) is 101 cm³/mol. The topological polar surface area (TPSA) is 72.8 Å². The second-order valence-corrected chi connectivity index (χ2v) is 6.21. The molecule has 5 nitrogen and oxygen atoms in total. The molecule has 1 aliphatic heterocycles. The van der Waals surface area contributed by atoms with Crippen LogP contribution in [0.25, 0.3) is 0 Å². The van der Waals surface area contributed by atoms with Crippen LogP contribution in [0, 0.1) is 0 Å². The Balaban J connectivity index is 2.08. The van der Waals surface area contributed by atoms with Crippen molar-refractivity contribution in [3.63, 3.8) is 0 Å². The Kier molecular flexibility index (Phi) is 10.3. The Morgan fingerprint density at radius 3 is 2.54 bits per heavy atom. The molecule has 0 aromatic heterocycles. The van der Waals surface area contributed by atoms with Crippen LogP contribution in [0.5, 0.6) is 0 Å². The lowest BCUT2D eigenvalue weighted by molar-refractivity contribution is -0.196. The van der Waals surface area contributed by atoms with E-state index in [0.717, 1.165) is 51.0 Å². The van der Waals surface area contributed by atoms with E-state index in [0.29, 0.717) is 6.42 Å². The molecule has 26 heavy (non-hydrogen) atoms. The van der Waals surface area contributed by atoms with Gasteiger partial charge in [0.15, 0.2) is 5.76 Å². The summed E-state index contributed by atoms with van der Waals surface area (Å²) in [6.45, 7) is 3.66. The molecule has 1 heterocycles. The van der Waals surface area contributed by atoms with E-state index < -0.39 is 17.5 Å². The van der Waals surface area contributed by atoms with Crippen molar-refractivity contribution in [3.8, 4) is 0 Å². The van der Waals surface area contributed by atoms with Crippen molar-refractivity contribution < 1.29 is 24.2 Å². The molecule has 1 atom stereocenters. The minimum atomic E-state index is -2.24. The minimum absolute atomic E-state index is 0.140. The van der Waals surface area contributed by atoms with E-state index >= 15 is 0 Å². The summed E-state index contributed by atoms with van der Waals surface area (Å²) in [6.07, 6.45) is 19.4. The van der Waals surface area contributed by atoms with Crippen LogP contribution in [0.3, 0.4) is 0 Å². The van der Waals surface area contributed by atoms with E-state index in [4.69, 9.17) is 9.47 Å². The highest BCUT2D eigenvalue weighted by Gasteiger charge is 2.49. The molecule has 0 saturated carbocycles. The Hall–Kier alpha value is -2.14. The highest BCUT2D eigenvalue weighted by Crippen LogP contribution is 2.28. The number of rotatable bonds is 14. The van der Waals surface area contributed by atoms with Gasteiger partial charge in [-0.3, -0.25) is 4.79 Å². The second-order valence-electron chi connectivity index (χ2n) is 6.21. The van der Waals surface area contributed by atoms with Gasteiger partial charge in [-0.1, -0.05) is 49.6 Å². The van der Waals surface area contributed by atoms with E-state index in [2.05, 4.69) is 30.9 Å². The Labute approximate surface area is 156 Å². The first kappa shape index (κ1) is 21.9. The maximum Gasteiger partial charge on any atom is 0.337 e. The average Bonchev–Trinajstić information content (AvgIpc) is 2.93. The monoisotopic (exact) mass is 362 g/mol. The molecule has 0 radical (unpaired) electrons. The fourth-order valence-corrected chi connectivity index (χ4v) is 2.65. The van der Waals surface area contributed by atoms with E-state index in [1.54, 1.807) is 0 Å². The zero-order chi connectivity index (χ0) is 19.3. The van der Waals surface area contributed by atoms with Crippen molar-refractivity contribution in [1.29, 1.82) is 0 Å². The zero-order valence-corrected chi connectivity index (χ0v) is 15.6. The van der Waals surface area contributed by atoms with Gasteiger partial charge in [0, 0.05) is 6.42 Å². The number of hydrogen-bond acceptors (Lipinski definition) is 5. The van der Waals surface area contributed by atoms with Gasteiger partial charge in [0.1, 0.15) is 0 Å². The summed E-state index contributed by atoms with van der Waals surface area (Å²) in [5.41, 5.74) is 0. The van der Waals surface area contributed by atoms with Crippen molar-refractivity contribution in [2.24, 2.45) is 0 Å². The highest BCUT2D eigenvalue weighted by atomic mass is 16.7. The fourth-order valence-electron chi connectivity index (χ4n) is 2.65. The summed E-state index contributed by atoms with van der Waals surface area (Å²) < 4.78 is 9.58. The normalized spacial score (nSPS) is 19.8. The van der Waals surface area contributed by atoms with Crippen LogP contribution < -0.4 is 0 Å². The van der Waals surface area contributed by atoms with Crippen molar-refractivity contribution in [2.45, 2.75) is 63.6 Å². The van der Waals surface area contributed by atoms with Gasteiger partial charge in [0.05, 0.1) is 13.2 Å². The van der Waals surface area contributed by atoms with E-state index in [-0.39, 0.29) is 12.2 Å². The van der Waals surface area contributed by atoms with Crippen LogP contribution in [-0.2, 0) is 19.1 Å². The summed E-state index contributed by atoms with van der Waals surface area (Å²) in [5.74, 6) is -3.68. The molecule has 1 unspecified atom stereocenters. The van der Waals surface area contributed by atoms with Crippen LogP contribution >= 0.6 is 0 Å². The average molecular weight is 362 g/mol. The molecule has 0 saturated heterocycles. The molecule has 0 spiro atoms. The van der Waals surface area contributed by atoms with Gasteiger partial charge in [-0.2, -0.15) is 0 Å². The highest BCUT2D eigenvalue weighted by molar-refractivity contribution is 5.97. The quantitative estimate of drug-likeness (QED) is 0.286. The first-order chi connectivity index (χ1) is 12.5. The summed E-state index contributed by atoms with van der Waals surface area (Å²) in [6, 6.07) is 0. The van der Waals surface area contributed by atoms with Crippen molar-refractivity contribution in [1.82, 2.24) is 0 Å². The smallest absolute Gasteiger partial charge is 0.337 e. The predicted octanol–water partition coefficient (Wildman–Crippen LogP) is 4.14. The van der Waals surface area contributed by atoms with Crippen molar-refractivity contribution in [2.75, 3.05) is 7.11 Å². The molecule has 5 heteroatoms. The minimum Gasteiger partial charge on any atom is -0.494 e. The molecule has 1 aliphatic rings. The first-order valence-corrected chi connectivity index (χ1v) is 9.20. The van der Waals surface area contributed by atoms with E-state index in [9.17, 15) is 14.7 Å². The van der Waals surface area contributed by atoms with Crippen molar-refractivity contribution in [3.05, 3.63) is 48.8 Å². The number of cyclic esters (lactones) is 1. The van der Waals surface area contributed by atoms with Gasteiger partial charge in [-0.15, -0.1) is 6.58 Å². The molecule has 0 fully saturated rings. The molecule has 0 bridgehead atoms. The number of methoxy groups -OCH3 is 1.